The summed E-state index contributed by atoms with van der Waals surface area (Å²) in [6.07, 6.45) is 1.91. The van der Waals surface area contributed by atoms with E-state index < -0.39 is 0 Å². The molecule has 1 saturated heterocycles. The van der Waals surface area contributed by atoms with E-state index in [2.05, 4.69) is 33.5 Å². The molecule has 1 fully saturated rings. The Balaban J connectivity index is 2.04. The molecule has 1 aromatic carbocycles. The van der Waals surface area contributed by atoms with E-state index in [0.717, 1.165) is 22.1 Å². The van der Waals surface area contributed by atoms with Gasteiger partial charge >= 0.3 is 0 Å². The van der Waals surface area contributed by atoms with Gasteiger partial charge in [0.15, 0.2) is 0 Å². The standard InChI is InChI=1S/C14H17BrN2O2/c1-2-9-7-11(15)4-5-12(9)17-14(19)10-3-6-13(18)16-8-10/h4-5,7,10H,2-3,6,8H2,1H3,(H,16,18)(H,17,19). The summed E-state index contributed by atoms with van der Waals surface area (Å²) < 4.78 is 1.01. The van der Waals surface area contributed by atoms with Crippen molar-refractivity contribution in [2.24, 2.45) is 5.92 Å². The first kappa shape index (κ1) is 14.1. The summed E-state index contributed by atoms with van der Waals surface area (Å²) >= 11 is 3.43. The molecule has 2 amide bonds. The molecular formula is C14H17BrN2O2. The number of piperidine rings is 1. The largest absolute Gasteiger partial charge is 0.355 e. The van der Waals surface area contributed by atoms with Crippen molar-refractivity contribution < 1.29 is 9.59 Å². The molecule has 0 saturated carbocycles. The Bertz CT molecular complexity index is 492. The molecule has 1 aliphatic rings. The number of nitrogens with one attached hydrogen (secondary N) is 2. The number of amides is 2. The van der Waals surface area contributed by atoms with Crippen molar-refractivity contribution in [1.29, 1.82) is 0 Å². The van der Waals surface area contributed by atoms with E-state index in [1.165, 1.54) is 0 Å². The summed E-state index contributed by atoms with van der Waals surface area (Å²) in [6, 6.07) is 5.83. The van der Waals surface area contributed by atoms with Gasteiger partial charge in [-0.15, -0.1) is 0 Å². The third-order valence-corrected chi connectivity index (χ3v) is 3.84. The van der Waals surface area contributed by atoms with Crippen molar-refractivity contribution in [3.8, 4) is 0 Å². The van der Waals surface area contributed by atoms with Gasteiger partial charge < -0.3 is 10.6 Å². The Morgan fingerprint density at radius 2 is 2.32 bits per heavy atom. The summed E-state index contributed by atoms with van der Waals surface area (Å²) in [5.74, 6) is -0.120. The number of halogens is 1. The number of carbonyl (C=O) groups is 2. The van der Waals surface area contributed by atoms with Gasteiger partial charge in [-0.05, 0) is 36.6 Å². The van der Waals surface area contributed by atoms with Crippen molar-refractivity contribution in [3.05, 3.63) is 28.2 Å². The third-order valence-electron chi connectivity index (χ3n) is 3.34. The van der Waals surface area contributed by atoms with Gasteiger partial charge in [0.25, 0.3) is 0 Å². The van der Waals surface area contributed by atoms with Crippen LogP contribution in [-0.4, -0.2) is 18.4 Å². The fraction of sp³-hybridized carbons (Fsp3) is 0.429. The molecule has 19 heavy (non-hydrogen) atoms. The summed E-state index contributed by atoms with van der Waals surface area (Å²) in [4.78, 5) is 23.2. The van der Waals surface area contributed by atoms with E-state index in [1.807, 2.05) is 18.2 Å². The molecule has 1 atom stereocenters. The number of benzene rings is 1. The van der Waals surface area contributed by atoms with Crippen LogP contribution in [0.25, 0.3) is 0 Å². The summed E-state index contributed by atoms with van der Waals surface area (Å²) in [7, 11) is 0. The van der Waals surface area contributed by atoms with Crippen LogP contribution >= 0.6 is 15.9 Å². The lowest BCUT2D eigenvalue weighted by Gasteiger charge is -2.22. The Morgan fingerprint density at radius 1 is 1.53 bits per heavy atom. The number of carbonyl (C=O) groups excluding carboxylic acids is 2. The molecule has 0 aromatic heterocycles. The van der Waals surface area contributed by atoms with E-state index in [1.54, 1.807) is 0 Å². The lowest BCUT2D eigenvalue weighted by molar-refractivity contribution is -0.126. The van der Waals surface area contributed by atoms with E-state index in [4.69, 9.17) is 0 Å². The van der Waals surface area contributed by atoms with Gasteiger partial charge in [0.05, 0.1) is 5.92 Å². The minimum absolute atomic E-state index is 0.0166. The highest BCUT2D eigenvalue weighted by Crippen LogP contribution is 2.23. The first-order valence-corrected chi connectivity index (χ1v) is 7.25. The molecule has 0 bridgehead atoms. The number of anilines is 1. The monoisotopic (exact) mass is 324 g/mol. The van der Waals surface area contributed by atoms with Crippen molar-refractivity contribution in [2.75, 3.05) is 11.9 Å². The molecule has 102 valence electrons. The second-order valence-electron chi connectivity index (χ2n) is 4.68. The zero-order valence-electron chi connectivity index (χ0n) is 10.8. The van der Waals surface area contributed by atoms with Crippen LogP contribution in [0.5, 0.6) is 0 Å². The number of rotatable bonds is 3. The minimum Gasteiger partial charge on any atom is -0.355 e. The Morgan fingerprint density at radius 3 is 2.95 bits per heavy atom. The van der Waals surface area contributed by atoms with Gasteiger partial charge in [0.2, 0.25) is 11.8 Å². The van der Waals surface area contributed by atoms with Gasteiger partial charge in [0.1, 0.15) is 0 Å². The summed E-state index contributed by atoms with van der Waals surface area (Å²) in [6.45, 7) is 2.49. The van der Waals surface area contributed by atoms with Crippen molar-refractivity contribution in [3.63, 3.8) is 0 Å². The van der Waals surface area contributed by atoms with Crippen LogP contribution in [0.4, 0.5) is 5.69 Å². The van der Waals surface area contributed by atoms with Crippen molar-refractivity contribution >= 4 is 33.4 Å². The first-order chi connectivity index (χ1) is 9.10. The highest BCUT2D eigenvalue weighted by molar-refractivity contribution is 9.10. The maximum absolute atomic E-state index is 12.2. The molecule has 2 N–H and O–H groups in total. The first-order valence-electron chi connectivity index (χ1n) is 6.46. The SMILES string of the molecule is CCc1cc(Br)ccc1NC(=O)C1CCC(=O)NC1. The van der Waals surface area contributed by atoms with Gasteiger partial charge in [-0.2, -0.15) is 0 Å². The molecule has 2 rings (SSSR count). The van der Waals surface area contributed by atoms with Crippen LogP contribution in [0, 0.1) is 5.92 Å². The molecule has 1 heterocycles. The van der Waals surface area contributed by atoms with E-state index in [0.29, 0.717) is 19.4 Å². The molecule has 5 heteroatoms. The molecule has 0 aliphatic carbocycles. The van der Waals surface area contributed by atoms with Gasteiger partial charge in [0, 0.05) is 23.1 Å². The second kappa shape index (κ2) is 6.19. The molecule has 1 aromatic rings. The lowest BCUT2D eigenvalue weighted by atomic mass is 9.98. The van der Waals surface area contributed by atoms with Gasteiger partial charge in [-0.3, -0.25) is 9.59 Å². The van der Waals surface area contributed by atoms with Crippen LogP contribution in [0.1, 0.15) is 25.3 Å². The average molecular weight is 325 g/mol. The van der Waals surface area contributed by atoms with E-state index in [-0.39, 0.29) is 17.7 Å². The Kier molecular flexibility index (Phi) is 4.58. The lowest BCUT2D eigenvalue weighted by Crippen LogP contribution is -2.40. The number of hydrogen-bond donors (Lipinski definition) is 2. The van der Waals surface area contributed by atoms with E-state index >= 15 is 0 Å². The smallest absolute Gasteiger partial charge is 0.229 e. The number of hydrogen-bond acceptors (Lipinski definition) is 2. The van der Waals surface area contributed by atoms with Crippen molar-refractivity contribution in [1.82, 2.24) is 5.32 Å². The van der Waals surface area contributed by atoms with Crippen LogP contribution < -0.4 is 10.6 Å². The zero-order chi connectivity index (χ0) is 13.8. The van der Waals surface area contributed by atoms with Crippen molar-refractivity contribution in [2.45, 2.75) is 26.2 Å². The Hall–Kier alpha value is -1.36. The van der Waals surface area contributed by atoms with E-state index in [9.17, 15) is 9.59 Å². The second-order valence-corrected chi connectivity index (χ2v) is 5.60. The summed E-state index contributed by atoms with van der Waals surface area (Å²) in [5, 5.41) is 5.69. The third kappa shape index (κ3) is 3.56. The highest BCUT2D eigenvalue weighted by Gasteiger charge is 2.24. The molecule has 0 spiro atoms. The van der Waals surface area contributed by atoms with Crippen LogP contribution in [0.15, 0.2) is 22.7 Å². The highest BCUT2D eigenvalue weighted by atomic mass is 79.9. The Labute approximate surface area is 121 Å². The normalized spacial score (nSPS) is 18.8. The van der Waals surface area contributed by atoms with Crippen LogP contribution in [0.3, 0.4) is 0 Å². The molecule has 4 nitrogen and oxygen atoms in total. The van der Waals surface area contributed by atoms with Gasteiger partial charge in [-0.1, -0.05) is 22.9 Å². The van der Waals surface area contributed by atoms with Crippen LogP contribution in [-0.2, 0) is 16.0 Å². The molecule has 1 unspecified atom stereocenters. The quantitative estimate of drug-likeness (QED) is 0.897. The predicted molar refractivity (Wildman–Crippen MR) is 77.9 cm³/mol. The maximum atomic E-state index is 12.2. The molecular weight excluding hydrogens is 308 g/mol. The summed E-state index contributed by atoms with van der Waals surface area (Å²) in [5.41, 5.74) is 1.95. The molecule has 0 radical (unpaired) electrons. The number of aryl methyl sites for hydroxylation is 1. The molecule has 1 aliphatic heterocycles. The van der Waals surface area contributed by atoms with Crippen LogP contribution in [0.2, 0.25) is 0 Å². The van der Waals surface area contributed by atoms with Gasteiger partial charge in [-0.25, -0.2) is 0 Å². The average Bonchev–Trinajstić information content (AvgIpc) is 2.41. The fourth-order valence-corrected chi connectivity index (χ4v) is 2.58. The maximum Gasteiger partial charge on any atom is 0.229 e. The minimum atomic E-state index is -0.133. The fourth-order valence-electron chi connectivity index (χ4n) is 2.17. The zero-order valence-corrected chi connectivity index (χ0v) is 12.4. The predicted octanol–water partition coefficient (Wildman–Crippen LogP) is 2.48. The topological polar surface area (TPSA) is 58.2 Å².